The Morgan fingerprint density at radius 3 is 2.71 bits per heavy atom. The van der Waals surface area contributed by atoms with Crippen LogP contribution in [0, 0.1) is 0 Å². The van der Waals surface area contributed by atoms with Gasteiger partial charge in [0.2, 0.25) is 15.9 Å². The highest BCUT2D eigenvalue weighted by Gasteiger charge is 2.31. The fourth-order valence-corrected chi connectivity index (χ4v) is 4.15. The zero-order chi connectivity index (χ0) is 17.4. The van der Waals surface area contributed by atoms with Crippen LogP contribution in [0.2, 0.25) is 0 Å². The van der Waals surface area contributed by atoms with Crippen LogP contribution < -0.4 is 9.62 Å². The van der Waals surface area contributed by atoms with Gasteiger partial charge in [-0.1, -0.05) is 0 Å². The predicted octanol–water partition coefficient (Wildman–Crippen LogP) is 1.03. The molecular formula is C16H22N2O5S. The molecule has 0 saturated carbocycles. The lowest BCUT2D eigenvalue weighted by Crippen LogP contribution is -2.33. The second-order valence-electron chi connectivity index (χ2n) is 6.19. The molecule has 0 aromatic heterocycles. The Hall–Kier alpha value is -1.48. The average molecular weight is 354 g/mol. The first-order valence-corrected chi connectivity index (χ1v) is 9.48. The van der Waals surface area contributed by atoms with Gasteiger partial charge in [-0.3, -0.25) is 4.79 Å². The number of hydrogen-bond donors (Lipinski definition) is 1. The van der Waals surface area contributed by atoms with Gasteiger partial charge in [-0.15, -0.1) is 0 Å². The lowest BCUT2D eigenvalue weighted by Gasteiger charge is -2.22. The molecule has 1 saturated heterocycles. The second kappa shape index (κ2) is 6.44. The van der Waals surface area contributed by atoms with Crippen LogP contribution in [0.15, 0.2) is 23.1 Å². The first-order chi connectivity index (χ1) is 11.3. The number of sulfonamides is 1. The van der Waals surface area contributed by atoms with Crippen LogP contribution in [0.25, 0.3) is 0 Å². The SMILES string of the molecule is CC(=O)N1CCc2cc(S(=O)(=O)NCCC3(C)OCCO3)ccc21. The maximum Gasteiger partial charge on any atom is 0.240 e. The third kappa shape index (κ3) is 3.46. The molecule has 24 heavy (non-hydrogen) atoms. The highest BCUT2D eigenvalue weighted by Crippen LogP contribution is 2.30. The summed E-state index contributed by atoms with van der Waals surface area (Å²) in [5.74, 6) is -0.755. The molecule has 0 spiro atoms. The maximum absolute atomic E-state index is 12.5. The molecular weight excluding hydrogens is 332 g/mol. The molecule has 0 bridgehead atoms. The first kappa shape index (κ1) is 17.3. The Labute approximate surface area is 142 Å². The molecule has 1 aromatic carbocycles. The molecule has 2 heterocycles. The monoisotopic (exact) mass is 354 g/mol. The molecule has 7 nitrogen and oxygen atoms in total. The van der Waals surface area contributed by atoms with Gasteiger partial charge < -0.3 is 14.4 Å². The van der Waals surface area contributed by atoms with Crippen LogP contribution in [0.3, 0.4) is 0 Å². The highest BCUT2D eigenvalue weighted by atomic mass is 32.2. The van der Waals surface area contributed by atoms with E-state index in [0.717, 1.165) is 11.3 Å². The number of nitrogens with zero attached hydrogens (tertiary/aromatic N) is 1. The van der Waals surface area contributed by atoms with Gasteiger partial charge in [-0.2, -0.15) is 0 Å². The van der Waals surface area contributed by atoms with Gasteiger partial charge in [0.05, 0.1) is 18.1 Å². The topological polar surface area (TPSA) is 84.9 Å². The number of ether oxygens (including phenoxy) is 2. The molecule has 0 radical (unpaired) electrons. The van der Waals surface area contributed by atoms with Crippen LogP contribution in [-0.4, -0.2) is 46.4 Å². The maximum atomic E-state index is 12.5. The van der Waals surface area contributed by atoms with Crippen LogP contribution in [0.5, 0.6) is 0 Å². The van der Waals surface area contributed by atoms with Crippen molar-refractivity contribution in [3.63, 3.8) is 0 Å². The Bertz CT molecular complexity index is 741. The minimum atomic E-state index is -3.60. The number of amides is 1. The number of anilines is 1. The molecule has 0 unspecified atom stereocenters. The van der Waals surface area contributed by atoms with E-state index < -0.39 is 15.8 Å². The van der Waals surface area contributed by atoms with Gasteiger partial charge in [-0.25, -0.2) is 13.1 Å². The quantitative estimate of drug-likeness (QED) is 0.854. The van der Waals surface area contributed by atoms with Crippen molar-refractivity contribution in [2.75, 3.05) is 31.2 Å². The van der Waals surface area contributed by atoms with Crippen molar-refractivity contribution in [1.29, 1.82) is 0 Å². The number of nitrogens with one attached hydrogen (secondary N) is 1. The fraction of sp³-hybridized carbons (Fsp3) is 0.562. The average Bonchev–Trinajstić information content (AvgIpc) is 3.12. The van der Waals surface area contributed by atoms with E-state index in [1.807, 2.05) is 0 Å². The van der Waals surface area contributed by atoms with Crippen molar-refractivity contribution >= 4 is 21.6 Å². The number of carbonyl (C=O) groups excluding carboxylic acids is 1. The Morgan fingerprint density at radius 2 is 2.04 bits per heavy atom. The fourth-order valence-electron chi connectivity index (χ4n) is 3.07. The molecule has 2 aliphatic heterocycles. The van der Waals surface area contributed by atoms with E-state index in [9.17, 15) is 13.2 Å². The van der Waals surface area contributed by atoms with Crippen molar-refractivity contribution in [3.05, 3.63) is 23.8 Å². The molecule has 8 heteroatoms. The van der Waals surface area contributed by atoms with Crippen LogP contribution >= 0.6 is 0 Å². The third-order valence-electron chi connectivity index (χ3n) is 4.41. The summed E-state index contributed by atoms with van der Waals surface area (Å²) in [6.07, 6.45) is 1.10. The summed E-state index contributed by atoms with van der Waals surface area (Å²) in [6, 6.07) is 4.88. The minimum absolute atomic E-state index is 0.0349. The van der Waals surface area contributed by atoms with Crippen molar-refractivity contribution in [1.82, 2.24) is 4.72 Å². The summed E-state index contributed by atoms with van der Waals surface area (Å²) >= 11 is 0. The lowest BCUT2D eigenvalue weighted by molar-refractivity contribution is -0.145. The van der Waals surface area contributed by atoms with E-state index in [0.29, 0.717) is 32.6 Å². The van der Waals surface area contributed by atoms with E-state index in [2.05, 4.69) is 4.72 Å². The molecule has 2 aliphatic rings. The van der Waals surface area contributed by atoms with E-state index >= 15 is 0 Å². The molecule has 1 fully saturated rings. The predicted molar refractivity (Wildman–Crippen MR) is 88.3 cm³/mol. The molecule has 1 amide bonds. The molecule has 132 valence electrons. The third-order valence-corrected chi connectivity index (χ3v) is 5.86. The highest BCUT2D eigenvalue weighted by molar-refractivity contribution is 7.89. The zero-order valence-electron chi connectivity index (χ0n) is 13.9. The van der Waals surface area contributed by atoms with Gasteiger partial charge in [0.15, 0.2) is 5.79 Å². The lowest BCUT2D eigenvalue weighted by atomic mass is 10.2. The number of hydrogen-bond acceptors (Lipinski definition) is 5. The van der Waals surface area contributed by atoms with Crippen LogP contribution in [0.4, 0.5) is 5.69 Å². The summed E-state index contributed by atoms with van der Waals surface area (Å²) in [5, 5.41) is 0. The minimum Gasteiger partial charge on any atom is -0.348 e. The number of carbonyl (C=O) groups is 1. The summed E-state index contributed by atoms with van der Waals surface area (Å²) < 4.78 is 38.4. The zero-order valence-corrected chi connectivity index (χ0v) is 14.7. The second-order valence-corrected chi connectivity index (χ2v) is 7.96. The molecule has 1 N–H and O–H groups in total. The number of benzene rings is 1. The van der Waals surface area contributed by atoms with E-state index in [1.165, 1.54) is 13.0 Å². The standard InChI is InChI=1S/C16H22N2O5S/c1-12(19)18-8-5-13-11-14(3-4-15(13)18)24(20,21)17-7-6-16(2)22-9-10-23-16/h3-4,11,17H,5-10H2,1-2H3. The van der Waals surface area contributed by atoms with E-state index in [1.54, 1.807) is 24.0 Å². The summed E-state index contributed by atoms with van der Waals surface area (Å²) in [5.41, 5.74) is 1.67. The number of rotatable bonds is 5. The first-order valence-electron chi connectivity index (χ1n) is 7.99. The van der Waals surface area contributed by atoms with Crippen molar-refractivity contribution in [3.8, 4) is 0 Å². The largest absolute Gasteiger partial charge is 0.348 e. The van der Waals surface area contributed by atoms with Crippen molar-refractivity contribution in [2.24, 2.45) is 0 Å². The van der Waals surface area contributed by atoms with Crippen LogP contribution in [0.1, 0.15) is 25.8 Å². The molecule has 1 aromatic rings. The Balaban J connectivity index is 1.68. The van der Waals surface area contributed by atoms with Gasteiger partial charge in [0.25, 0.3) is 0 Å². The van der Waals surface area contributed by atoms with Gasteiger partial charge in [-0.05, 0) is 37.1 Å². The Morgan fingerprint density at radius 1 is 1.33 bits per heavy atom. The van der Waals surface area contributed by atoms with Crippen molar-refractivity contribution < 1.29 is 22.7 Å². The van der Waals surface area contributed by atoms with Crippen LogP contribution in [-0.2, 0) is 30.7 Å². The summed E-state index contributed by atoms with van der Waals surface area (Å²) in [6.45, 7) is 5.20. The van der Waals surface area contributed by atoms with Gasteiger partial charge >= 0.3 is 0 Å². The van der Waals surface area contributed by atoms with Gasteiger partial charge in [0, 0.05) is 32.1 Å². The smallest absolute Gasteiger partial charge is 0.240 e. The van der Waals surface area contributed by atoms with Gasteiger partial charge in [0.1, 0.15) is 0 Å². The number of fused-ring (bicyclic) bond motifs is 1. The Kier molecular flexibility index (Phi) is 4.65. The van der Waals surface area contributed by atoms with Crippen molar-refractivity contribution in [2.45, 2.75) is 37.4 Å². The normalized spacial score (nSPS) is 19.5. The van der Waals surface area contributed by atoms with E-state index in [-0.39, 0.29) is 17.3 Å². The molecule has 3 rings (SSSR count). The summed E-state index contributed by atoms with van der Waals surface area (Å²) in [7, 11) is -3.60. The summed E-state index contributed by atoms with van der Waals surface area (Å²) in [4.78, 5) is 13.4. The van der Waals surface area contributed by atoms with E-state index in [4.69, 9.17) is 9.47 Å². The molecule has 0 atom stereocenters. The molecule has 0 aliphatic carbocycles.